The van der Waals surface area contributed by atoms with Crippen molar-refractivity contribution in [3.05, 3.63) is 53.9 Å². The first-order valence-electron chi connectivity index (χ1n) is 11.4. The van der Waals surface area contributed by atoms with Gasteiger partial charge in [-0.3, -0.25) is 15.2 Å². The quantitative estimate of drug-likeness (QED) is 0.305. The number of Topliss-reactive ketones (excluding diaryl/α,β-unsaturated/α-hetero) is 1. The van der Waals surface area contributed by atoms with Gasteiger partial charge in [-0.05, 0) is 56.4 Å². The van der Waals surface area contributed by atoms with Crippen molar-refractivity contribution in [3.63, 3.8) is 0 Å². The molecule has 1 amide bonds. The molecule has 33 heavy (non-hydrogen) atoms. The summed E-state index contributed by atoms with van der Waals surface area (Å²) in [4.78, 5) is 28.3. The van der Waals surface area contributed by atoms with Gasteiger partial charge in [-0.2, -0.15) is 0 Å². The number of aromatic nitrogens is 1. The Morgan fingerprint density at radius 2 is 1.82 bits per heavy atom. The molecule has 1 saturated heterocycles. The minimum atomic E-state index is -0.118. The van der Waals surface area contributed by atoms with Crippen LogP contribution < -0.4 is 20.7 Å². The zero-order chi connectivity index (χ0) is 24.1. The molecule has 8 heteroatoms. The van der Waals surface area contributed by atoms with E-state index in [1.165, 1.54) is 45.0 Å². The minimum Gasteiger partial charge on any atom is -0.491 e. The van der Waals surface area contributed by atoms with Gasteiger partial charge >= 0.3 is 0 Å². The van der Waals surface area contributed by atoms with E-state index in [0.717, 1.165) is 5.56 Å². The molecule has 1 aliphatic heterocycles. The van der Waals surface area contributed by atoms with Crippen LogP contribution >= 0.6 is 0 Å². The number of anilines is 1. The second kappa shape index (κ2) is 13.9. The Bertz CT molecular complexity index is 912. The Hall–Kier alpha value is -3.42. The van der Waals surface area contributed by atoms with Crippen LogP contribution in [0.4, 0.5) is 5.69 Å². The highest BCUT2D eigenvalue weighted by molar-refractivity contribution is 5.95. The minimum absolute atomic E-state index is 0.0418. The number of carbonyl (C=O) groups excluding carboxylic acids is 2. The van der Waals surface area contributed by atoms with Gasteiger partial charge in [-0.25, -0.2) is 0 Å². The molecule has 0 atom stereocenters. The van der Waals surface area contributed by atoms with Gasteiger partial charge in [0.05, 0.1) is 6.54 Å². The molecular formula is C25H35N5O3. The van der Waals surface area contributed by atoms with E-state index < -0.39 is 0 Å². The van der Waals surface area contributed by atoms with Crippen molar-refractivity contribution >= 4 is 23.2 Å². The first-order chi connectivity index (χ1) is 15.9. The van der Waals surface area contributed by atoms with Crippen molar-refractivity contribution in [3.8, 4) is 5.75 Å². The third-order valence-electron chi connectivity index (χ3n) is 5.24. The topological polar surface area (TPSA) is 121 Å². The molecule has 1 fully saturated rings. The van der Waals surface area contributed by atoms with Crippen LogP contribution in [0.2, 0.25) is 0 Å². The van der Waals surface area contributed by atoms with Gasteiger partial charge < -0.3 is 25.5 Å². The van der Waals surface area contributed by atoms with Crippen molar-refractivity contribution in [1.29, 1.82) is 5.41 Å². The molecular weight excluding hydrogens is 418 g/mol. The number of hydrogen-bond donors (Lipinski definition) is 3. The summed E-state index contributed by atoms with van der Waals surface area (Å²) in [7, 11) is 0. The van der Waals surface area contributed by atoms with E-state index in [0.29, 0.717) is 37.3 Å². The highest BCUT2D eigenvalue weighted by Crippen LogP contribution is 2.22. The molecule has 1 aliphatic rings. The van der Waals surface area contributed by atoms with Gasteiger partial charge in [-0.15, -0.1) is 0 Å². The Balaban J connectivity index is 0.000000268. The molecule has 1 aromatic heterocycles. The number of nitrogens with zero attached hydrogens (tertiary/aromatic N) is 2. The van der Waals surface area contributed by atoms with E-state index >= 15 is 0 Å². The molecule has 0 saturated carbocycles. The summed E-state index contributed by atoms with van der Waals surface area (Å²) in [5, 5.41) is 10.1. The van der Waals surface area contributed by atoms with Crippen molar-refractivity contribution in [2.24, 2.45) is 5.73 Å². The second-order valence-electron chi connectivity index (χ2n) is 8.02. The predicted molar refractivity (Wildman–Crippen MR) is 131 cm³/mol. The standard InChI is InChI=1S/C15H21N3O3.C10H14N2/c1-10(19)3-4-12-5-6-13(15(16)17)9-14(12)21-8-7-18-11(2)20;1-2-8-12(9-3-1)10-4-6-11-7-5-10/h5-6,9H,3-4,7-8H2,1-2H3,(H3,16,17)(H,18,20);4-7H,1-3,8-9H2. The molecule has 2 aromatic rings. The van der Waals surface area contributed by atoms with Crippen LogP contribution in [0.15, 0.2) is 42.7 Å². The Morgan fingerprint density at radius 1 is 1.12 bits per heavy atom. The van der Waals surface area contributed by atoms with Crippen LogP contribution in [-0.4, -0.2) is 48.8 Å². The molecule has 2 heterocycles. The van der Waals surface area contributed by atoms with Gasteiger partial charge in [-0.1, -0.05) is 12.1 Å². The van der Waals surface area contributed by atoms with Gasteiger partial charge in [0, 0.05) is 50.1 Å². The lowest BCUT2D eigenvalue weighted by molar-refractivity contribution is -0.119. The molecule has 3 rings (SSSR count). The van der Waals surface area contributed by atoms with Crippen molar-refractivity contribution < 1.29 is 14.3 Å². The fourth-order valence-electron chi connectivity index (χ4n) is 3.47. The molecule has 0 spiro atoms. The molecule has 8 nitrogen and oxygen atoms in total. The molecule has 0 unspecified atom stereocenters. The van der Waals surface area contributed by atoms with E-state index in [-0.39, 0.29) is 17.5 Å². The van der Waals surface area contributed by atoms with Gasteiger partial charge in [0.25, 0.3) is 0 Å². The number of carbonyl (C=O) groups is 2. The van der Waals surface area contributed by atoms with Gasteiger partial charge in [0.1, 0.15) is 24.0 Å². The summed E-state index contributed by atoms with van der Waals surface area (Å²) < 4.78 is 5.63. The number of aryl methyl sites for hydroxylation is 1. The third-order valence-corrected chi connectivity index (χ3v) is 5.24. The first kappa shape index (κ1) is 25.8. The summed E-state index contributed by atoms with van der Waals surface area (Å²) in [6.45, 7) is 6.11. The molecule has 0 bridgehead atoms. The Kier molecular flexibility index (Phi) is 10.9. The second-order valence-corrected chi connectivity index (χ2v) is 8.02. The number of nitrogen functional groups attached to an aromatic ring is 1. The first-order valence-corrected chi connectivity index (χ1v) is 11.4. The number of hydrogen-bond acceptors (Lipinski definition) is 6. The average Bonchev–Trinajstić information content (AvgIpc) is 2.82. The summed E-state index contributed by atoms with van der Waals surface area (Å²) in [5.41, 5.74) is 8.24. The molecule has 0 aliphatic carbocycles. The third kappa shape index (κ3) is 9.72. The maximum absolute atomic E-state index is 11.1. The van der Waals surface area contributed by atoms with E-state index in [1.54, 1.807) is 19.1 Å². The van der Waals surface area contributed by atoms with Crippen LogP contribution in [0.3, 0.4) is 0 Å². The molecule has 178 valence electrons. The number of ether oxygens (including phenoxy) is 1. The van der Waals surface area contributed by atoms with Crippen LogP contribution in [0.5, 0.6) is 5.75 Å². The number of benzene rings is 1. The number of rotatable bonds is 9. The lowest BCUT2D eigenvalue weighted by Gasteiger charge is -2.28. The van der Waals surface area contributed by atoms with E-state index in [2.05, 4.69) is 27.3 Å². The van der Waals surface area contributed by atoms with Crippen LogP contribution in [0, 0.1) is 5.41 Å². The van der Waals surface area contributed by atoms with Gasteiger partial charge in [0.15, 0.2) is 0 Å². The maximum atomic E-state index is 11.1. The maximum Gasteiger partial charge on any atom is 0.216 e. The number of ketones is 1. The zero-order valence-corrected chi connectivity index (χ0v) is 19.6. The van der Waals surface area contributed by atoms with E-state index in [1.807, 2.05) is 18.5 Å². The van der Waals surface area contributed by atoms with Crippen molar-refractivity contribution in [2.45, 2.75) is 46.0 Å². The van der Waals surface area contributed by atoms with Crippen molar-refractivity contribution in [1.82, 2.24) is 10.3 Å². The molecule has 1 aromatic carbocycles. The van der Waals surface area contributed by atoms with Gasteiger partial charge in [0.2, 0.25) is 5.91 Å². The number of nitrogens with two attached hydrogens (primary N) is 1. The summed E-state index contributed by atoms with van der Waals surface area (Å²) in [6, 6.07) is 9.41. The number of piperidine rings is 1. The predicted octanol–water partition coefficient (Wildman–Crippen LogP) is 3.08. The fourth-order valence-corrected chi connectivity index (χ4v) is 3.47. The summed E-state index contributed by atoms with van der Waals surface area (Å²) >= 11 is 0. The highest BCUT2D eigenvalue weighted by atomic mass is 16.5. The molecule has 4 N–H and O–H groups in total. The number of pyridine rings is 1. The number of nitrogens with one attached hydrogen (secondary N) is 2. The monoisotopic (exact) mass is 453 g/mol. The highest BCUT2D eigenvalue weighted by Gasteiger charge is 2.10. The molecule has 0 radical (unpaired) electrons. The largest absolute Gasteiger partial charge is 0.491 e. The van der Waals surface area contributed by atoms with Crippen LogP contribution in [0.1, 0.15) is 50.7 Å². The fraction of sp³-hybridized carbons (Fsp3) is 0.440. The SMILES string of the molecule is CC(=O)CCc1ccc(C(=N)N)cc1OCCNC(C)=O.c1cc(N2CCCCC2)ccn1. The van der Waals surface area contributed by atoms with Crippen LogP contribution in [0.25, 0.3) is 0 Å². The Labute approximate surface area is 196 Å². The Morgan fingerprint density at radius 3 is 2.42 bits per heavy atom. The van der Waals surface area contributed by atoms with Crippen LogP contribution in [-0.2, 0) is 16.0 Å². The number of amides is 1. The summed E-state index contributed by atoms with van der Waals surface area (Å²) in [6.07, 6.45) is 8.80. The smallest absolute Gasteiger partial charge is 0.216 e. The average molecular weight is 454 g/mol. The van der Waals surface area contributed by atoms with E-state index in [9.17, 15) is 9.59 Å². The summed E-state index contributed by atoms with van der Waals surface area (Å²) in [5.74, 6) is 0.539. The van der Waals surface area contributed by atoms with Crippen molar-refractivity contribution in [2.75, 3.05) is 31.1 Å². The normalized spacial score (nSPS) is 12.8. The lowest BCUT2D eigenvalue weighted by Crippen LogP contribution is -2.29. The van der Waals surface area contributed by atoms with E-state index in [4.69, 9.17) is 15.9 Å². The zero-order valence-electron chi connectivity index (χ0n) is 19.6. The lowest BCUT2D eigenvalue weighted by atomic mass is 10.0. The number of amidine groups is 1.